The van der Waals surface area contributed by atoms with Crippen molar-refractivity contribution >= 4 is 0 Å². The molecule has 1 N–H and O–H groups in total. The van der Waals surface area contributed by atoms with Crippen molar-refractivity contribution in [3.8, 4) is 5.75 Å². The topological polar surface area (TPSA) is 29.5 Å². The normalized spacial score (nSPS) is 18.2. The molecule has 1 aliphatic rings. The van der Waals surface area contributed by atoms with Crippen LogP contribution >= 0.6 is 0 Å². The molecule has 1 aliphatic carbocycles. The second-order valence-corrected chi connectivity index (χ2v) is 4.95. The van der Waals surface area contributed by atoms with Gasteiger partial charge in [-0.1, -0.05) is 31.9 Å². The summed E-state index contributed by atoms with van der Waals surface area (Å²) < 4.78 is 5.78. The molecule has 2 rings (SSSR count). The van der Waals surface area contributed by atoms with E-state index in [1.165, 1.54) is 25.7 Å². The number of ether oxygens (including phenoxy) is 1. The molecule has 0 unspecified atom stereocenters. The predicted molar refractivity (Wildman–Crippen MR) is 69.1 cm³/mol. The van der Waals surface area contributed by atoms with Crippen molar-refractivity contribution in [2.75, 3.05) is 6.61 Å². The number of hydrogen-bond acceptors (Lipinski definition) is 2. The minimum absolute atomic E-state index is 0.348. The SMILES string of the molecule is CC[C@@H](O)c1ccc(OCC2CCCC2)cc1. The number of aliphatic hydroxyl groups excluding tert-OH is 1. The smallest absolute Gasteiger partial charge is 0.119 e. The zero-order valence-electron chi connectivity index (χ0n) is 10.6. The summed E-state index contributed by atoms with van der Waals surface area (Å²) in [5.74, 6) is 1.67. The third-order valence-corrected chi connectivity index (χ3v) is 3.61. The molecule has 1 atom stereocenters. The fourth-order valence-corrected chi connectivity index (χ4v) is 2.41. The number of aliphatic hydroxyl groups is 1. The lowest BCUT2D eigenvalue weighted by molar-refractivity contribution is 0.173. The average molecular weight is 234 g/mol. The minimum atomic E-state index is -0.348. The van der Waals surface area contributed by atoms with Crippen LogP contribution in [-0.2, 0) is 0 Å². The molecule has 0 aromatic heterocycles. The average Bonchev–Trinajstić information content (AvgIpc) is 2.89. The van der Waals surface area contributed by atoms with Crippen LogP contribution in [0.15, 0.2) is 24.3 Å². The Hall–Kier alpha value is -1.02. The molecule has 1 saturated carbocycles. The Balaban J connectivity index is 1.84. The molecule has 0 heterocycles. The Morgan fingerprint density at radius 3 is 2.47 bits per heavy atom. The Morgan fingerprint density at radius 2 is 1.88 bits per heavy atom. The molecule has 2 heteroatoms. The summed E-state index contributed by atoms with van der Waals surface area (Å²) in [4.78, 5) is 0. The zero-order chi connectivity index (χ0) is 12.1. The fraction of sp³-hybridized carbons (Fsp3) is 0.600. The van der Waals surface area contributed by atoms with Crippen LogP contribution in [-0.4, -0.2) is 11.7 Å². The number of hydrogen-bond donors (Lipinski definition) is 1. The van der Waals surface area contributed by atoms with E-state index in [0.717, 1.165) is 30.3 Å². The molecule has 1 fully saturated rings. The van der Waals surface area contributed by atoms with Crippen LogP contribution in [0.1, 0.15) is 50.7 Å². The molecule has 0 aliphatic heterocycles. The van der Waals surface area contributed by atoms with Crippen molar-refractivity contribution in [3.63, 3.8) is 0 Å². The van der Waals surface area contributed by atoms with Crippen molar-refractivity contribution in [1.82, 2.24) is 0 Å². The Bertz CT molecular complexity index is 325. The first kappa shape index (κ1) is 12.4. The van der Waals surface area contributed by atoms with Gasteiger partial charge in [0, 0.05) is 0 Å². The van der Waals surface area contributed by atoms with E-state index in [-0.39, 0.29) is 6.10 Å². The highest BCUT2D eigenvalue weighted by Crippen LogP contribution is 2.26. The molecule has 0 radical (unpaired) electrons. The van der Waals surface area contributed by atoms with Crippen LogP contribution in [0.3, 0.4) is 0 Å². The Kier molecular flexibility index (Phi) is 4.43. The van der Waals surface area contributed by atoms with Gasteiger partial charge in [0.1, 0.15) is 5.75 Å². The molecule has 0 spiro atoms. The van der Waals surface area contributed by atoms with Gasteiger partial charge in [-0.05, 0) is 42.9 Å². The van der Waals surface area contributed by atoms with Gasteiger partial charge in [0.25, 0.3) is 0 Å². The fourth-order valence-electron chi connectivity index (χ4n) is 2.41. The van der Waals surface area contributed by atoms with Gasteiger partial charge in [0.15, 0.2) is 0 Å². The Labute approximate surface area is 104 Å². The first-order chi connectivity index (χ1) is 8.29. The largest absolute Gasteiger partial charge is 0.493 e. The maximum atomic E-state index is 9.68. The highest BCUT2D eigenvalue weighted by atomic mass is 16.5. The lowest BCUT2D eigenvalue weighted by Gasteiger charge is -2.12. The van der Waals surface area contributed by atoms with Crippen LogP contribution < -0.4 is 4.74 Å². The van der Waals surface area contributed by atoms with Gasteiger partial charge >= 0.3 is 0 Å². The van der Waals surface area contributed by atoms with E-state index >= 15 is 0 Å². The van der Waals surface area contributed by atoms with Gasteiger partial charge in [-0.2, -0.15) is 0 Å². The number of rotatable bonds is 5. The third kappa shape index (κ3) is 3.47. The summed E-state index contributed by atoms with van der Waals surface area (Å²) in [6, 6.07) is 7.84. The Morgan fingerprint density at radius 1 is 1.24 bits per heavy atom. The van der Waals surface area contributed by atoms with Crippen LogP contribution in [0.2, 0.25) is 0 Å². The number of benzene rings is 1. The minimum Gasteiger partial charge on any atom is -0.493 e. The summed E-state index contributed by atoms with van der Waals surface area (Å²) >= 11 is 0. The van der Waals surface area contributed by atoms with E-state index in [1.54, 1.807) is 0 Å². The summed E-state index contributed by atoms with van der Waals surface area (Å²) in [7, 11) is 0. The molecule has 1 aromatic rings. The zero-order valence-corrected chi connectivity index (χ0v) is 10.6. The van der Waals surface area contributed by atoms with E-state index in [9.17, 15) is 5.11 Å². The van der Waals surface area contributed by atoms with E-state index < -0.39 is 0 Å². The molecule has 0 saturated heterocycles. The monoisotopic (exact) mass is 234 g/mol. The standard InChI is InChI=1S/C15H22O2/c1-2-15(16)13-7-9-14(10-8-13)17-11-12-5-3-4-6-12/h7-10,12,15-16H,2-6,11H2,1H3/t15-/m1/s1. The van der Waals surface area contributed by atoms with E-state index in [2.05, 4.69) is 0 Å². The summed E-state index contributed by atoms with van der Waals surface area (Å²) in [6.07, 6.45) is 5.74. The lowest BCUT2D eigenvalue weighted by atomic mass is 10.1. The van der Waals surface area contributed by atoms with E-state index in [4.69, 9.17) is 4.74 Å². The van der Waals surface area contributed by atoms with Gasteiger partial charge < -0.3 is 9.84 Å². The highest BCUT2D eigenvalue weighted by molar-refractivity contribution is 5.28. The molecule has 2 nitrogen and oxygen atoms in total. The van der Waals surface area contributed by atoms with Gasteiger partial charge in [0.05, 0.1) is 12.7 Å². The summed E-state index contributed by atoms with van der Waals surface area (Å²) in [5, 5.41) is 9.68. The summed E-state index contributed by atoms with van der Waals surface area (Å²) in [6.45, 7) is 2.82. The molecule has 17 heavy (non-hydrogen) atoms. The summed E-state index contributed by atoms with van der Waals surface area (Å²) in [5.41, 5.74) is 0.973. The predicted octanol–water partition coefficient (Wildman–Crippen LogP) is 3.70. The van der Waals surface area contributed by atoms with Gasteiger partial charge in [-0.25, -0.2) is 0 Å². The first-order valence-corrected chi connectivity index (χ1v) is 6.70. The van der Waals surface area contributed by atoms with Crippen molar-refractivity contribution in [2.24, 2.45) is 5.92 Å². The highest BCUT2D eigenvalue weighted by Gasteiger charge is 2.15. The van der Waals surface area contributed by atoms with Crippen LogP contribution in [0.5, 0.6) is 5.75 Å². The van der Waals surface area contributed by atoms with Crippen molar-refractivity contribution in [3.05, 3.63) is 29.8 Å². The van der Waals surface area contributed by atoms with E-state index in [0.29, 0.717) is 0 Å². The van der Waals surface area contributed by atoms with Gasteiger partial charge in [0.2, 0.25) is 0 Å². The molecular weight excluding hydrogens is 212 g/mol. The van der Waals surface area contributed by atoms with Crippen LogP contribution in [0.4, 0.5) is 0 Å². The van der Waals surface area contributed by atoms with Gasteiger partial charge in [-0.15, -0.1) is 0 Å². The van der Waals surface area contributed by atoms with Crippen molar-refractivity contribution in [1.29, 1.82) is 0 Å². The van der Waals surface area contributed by atoms with Crippen LogP contribution in [0, 0.1) is 5.92 Å². The lowest BCUT2D eigenvalue weighted by Crippen LogP contribution is -2.08. The second-order valence-electron chi connectivity index (χ2n) is 4.95. The van der Waals surface area contributed by atoms with Gasteiger partial charge in [-0.3, -0.25) is 0 Å². The molecule has 1 aromatic carbocycles. The maximum Gasteiger partial charge on any atom is 0.119 e. The maximum absolute atomic E-state index is 9.68. The van der Waals surface area contributed by atoms with Crippen LogP contribution in [0.25, 0.3) is 0 Å². The molecule has 94 valence electrons. The third-order valence-electron chi connectivity index (χ3n) is 3.61. The molecule has 0 bridgehead atoms. The van der Waals surface area contributed by atoms with Crippen molar-refractivity contribution < 1.29 is 9.84 Å². The second kappa shape index (κ2) is 6.06. The molecule has 0 amide bonds. The van der Waals surface area contributed by atoms with Crippen molar-refractivity contribution in [2.45, 2.75) is 45.1 Å². The molecular formula is C15H22O2. The van der Waals surface area contributed by atoms with E-state index in [1.807, 2.05) is 31.2 Å². The quantitative estimate of drug-likeness (QED) is 0.841. The first-order valence-electron chi connectivity index (χ1n) is 6.70.